The van der Waals surface area contributed by atoms with Crippen LogP contribution in [0.25, 0.3) is 0 Å². The number of hydrogen-bond donors (Lipinski definition) is 1. The summed E-state index contributed by atoms with van der Waals surface area (Å²) in [5, 5.41) is 0. The van der Waals surface area contributed by atoms with E-state index >= 15 is 0 Å². The zero-order valence-corrected chi connectivity index (χ0v) is 6.94. The monoisotopic (exact) mass is 189 g/mol. The second kappa shape index (κ2) is 2.02. The first kappa shape index (κ1) is 6.61. The average molecular weight is 190 g/mol. The topological polar surface area (TPSA) is 43.8 Å². The Morgan fingerprint density at radius 3 is 2.33 bits per heavy atom. The van der Waals surface area contributed by atoms with E-state index in [9.17, 15) is 0 Å². The maximum Gasteiger partial charge on any atom is 0.201 e. The molecule has 1 aromatic heterocycles. The molecule has 0 fully saturated rings. The van der Waals surface area contributed by atoms with Crippen LogP contribution in [0.1, 0.15) is 5.69 Å². The van der Waals surface area contributed by atoms with Gasteiger partial charge in [-0.3, -0.25) is 0 Å². The van der Waals surface area contributed by atoms with E-state index in [4.69, 9.17) is 5.73 Å². The van der Waals surface area contributed by atoms with Gasteiger partial charge in [-0.1, -0.05) is 0 Å². The summed E-state index contributed by atoms with van der Waals surface area (Å²) >= 11 is 3.25. The van der Waals surface area contributed by atoms with Crippen LogP contribution in [0.15, 0.2) is 4.60 Å². The molecule has 0 amide bonds. The van der Waals surface area contributed by atoms with Crippen LogP contribution in [0.3, 0.4) is 0 Å². The lowest BCUT2D eigenvalue weighted by atomic mass is 10.5. The maximum absolute atomic E-state index is 5.46. The molecule has 0 bridgehead atoms. The molecule has 2 N–H and O–H groups in total. The second-order valence-electron chi connectivity index (χ2n) is 1.91. The molecule has 0 unspecified atom stereocenters. The van der Waals surface area contributed by atoms with Crippen molar-refractivity contribution < 1.29 is 0 Å². The van der Waals surface area contributed by atoms with Gasteiger partial charge in [-0.15, -0.1) is 0 Å². The number of rotatable bonds is 0. The van der Waals surface area contributed by atoms with Crippen molar-refractivity contribution in [2.24, 2.45) is 7.05 Å². The largest absolute Gasteiger partial charge is 0.369 e. The molecule has 1 aromatic rings. The molecule has 0 saturated heterocycles. The van der Waals surface area contributed by atoms with Crippen LogP contribution in [0.2, 0.25) is 0 Å². The Balaban J connectivity index is 3.29. The molecule has 0 radical (unpaired) electrons. The predicted octanol–water partition coefficient (Wildman–Crippen LogP) is 1.07. The highest BCUT2D eigenvalue weighted by Crippen LogP contribution is 2.15. The van der Waals surface area contributed by atoms with E-state index in [-0.39, 0.29) is 0 Å². The van der Waals surface area contributed by atoms with E-state index in [0.29, 0.717) is 5.95 Å². The van der Waals surface area contributed by atoms with Gasteiger partial charge in [0, 0.05) is 7.05 Å². The Labute approximate surface area is 62.0 Å². The van der Waals surface area contributed by atoms with Crippen molar-refractivity contribution in [1.82, 2.24) is 9.55 Å². The molecular formula is C5H8BrN3. The minimum Gasteiger partial charge on any atom is -0.369 e. The van der Waals surface area contributed by atoms with E-state index in [1.807, 2.05) is 18.5 Å². The Morgan fingerprint density at radius 1 is 1.67 bits per heavy atom. The van der Waals surface area contributed by atoms with E-state index in [2.05, 4.69) is 20.9 Å². The van der Waals surface area contributed by atoms with Gasteiger partial charge in [0.1, 0.15) is 4.60 Å². The summed E-state index contributed by atoms with van der Waals surface area (Å²) in [4.78, 5) is 3.97. The lowest BCUT2D eigenvalue weighted by Crippen LogP contribution is -1.97. The van der Waals surface area contributed by atoms with E-state index < -0.39 is 0 Å². The maximum atomic E-state index is 5.46. The fourth-order valence-electron chi connectivity index (χ4n) is 0.567. The fourth-order valence-corrected chi connectivity index (χ4v) is 1.01. The number of halogens is 1. The number of hydrogen-bond acceptors (Lipinski definition) is 2. The van der Waals surface area contributed by atoms with Crippen LogP contribution in [-0.4, -0.2) is 9.55 Å². The van der Waals surface area contributed by atoms with E-state index in [0.717, 1.165) is 10.3 Å². The summed E-state index contributed by atoms with van der Waals surface area (Å²) in [5.41, 5.74) is 6.51. The van der Waals surface area contributed by atoms with Crippen LogP contribution in [-0.2, 0) is 7.05 Å². The normalized spacial score (nSPS) is 10.1. The van der Waals surface area contributed by atoms with Gasteiger partial charge in [0.25, 0.3) is 0 Å². The van der Waals surface area contributed by atoms with Crippen molar-refractivity contribution in [3.8, 4) is 0 Å². The fraction of sp³-hybridized carbons (Fsp3) is 0.400. The highest BCUT2D eigenvalue weighted by atomic mass is 79.9. The average Bonchev–Trinajstić information content (AvgIpc) is 1.98. The van der Waals surface area contributed by atoms with Gasteiger partial charge in [-0.2, -0.15) is 0 Å². The molecule has 0 saturated carbocycles. The third kappa shape index (κ3) is 0.941. The second-order valence-corrected chi connectivity index (χ2v) is 2.66. The Bertz CT molecular complexity index is 206. The summed E-state index contributed by atoms with van der Waals surface area (Å²) in [6.45, 7) is 1.95. The van der Waals surface area contributed by atoms with Crippen LogP contribution in [0, 0.1) is 6.92 Å². The smallest absolute Gasteiger partial charge is 0.201 e. The third-order valence-electron chi connectivity index (χ3n) is 1.36. The number of nitrogen functional groups attached to an aromatic ring is 1. The van der Waals surface area contributed by atoms with Crippen molar-refractivity contribution in [3.05, 3.63) is 10.3 Å². The molecule has 0 aliphatic heterocycles. The van der Waals surface area contributed by atoms with Crippen molar-refractivity contribution in [1.29, 1.82) is 0 Å². The summed E-state index contributed by atoms with van der Waals surface area (Å²) in [5.74, 6) is 0.541. The van der Waals surface area contributed by atoms with Crippen molar-refractivity contribution in [2.75, 3.05) is 5.73 Å². The SMILES string of the molecule is Cc1c(Br)nc(N)n1C. The third-order valence-corrected chi connectivity index (χ3v) is 2.11. The number of nitrogens with zero attached hydrogens (tertiary/aromatic N) is 2. The molecule has 0 aromatic carbocycles. The Morgan fingerprint density at radius 2 is 2.22 bits per heavy atom. The van der Waals surface area contributed by atoms with E-state index in [1.54, 1.807) is 0 Å². The molecule has 1 rings (SSSR count). The van der Waals surface area contributed by atoms with Crippen LogP contribution >= 0.6 is 15.9 Å². The summed E-state index contributed by atoms with van der Waals surface area (Å²) < 4.78 is 2.65. The first-order valence-corrected chi connectivity index (χ1v) is 3.36. The molecule has 50 valence electrons. The van der Waals surface area contributed by atoms with Gasteiger partial charge >= 0.3 is 0 Å². The van der Waals surface area contributed by atoms with Crippen LogP contribution in [0.4, 0.5) is 5.95 Å². The van der Waals surface area contributed by atoms with Gasteiger partial charge in [-0.25, -0.2) is 4.98 Å². The first-order valence-electron chi connectivity index (χ1n) is 2.57. The molecule has 0 atom stereocenters. The zero-order valence-electron chi connectivity index (χ0n) is 5.35. The molecular weight excluding hydrogens is 182 g/mol. The van der Waals surface area contributed by atoms with Gasteiger partial charge < -0.3 is 10.3 Å². The Hall–Kier alpha value is -0.510. The van der Waals surface area contributed by atoms with Crippen molar-refractivity contribution >= 4 is 21.9 Å². The molecule has 0 aliphatic rings. The zero-order chi connectivity index (χ0) is 7.02. The summed E-state index contributed by atoms with van der Waals surface area (Å²) in [7, 11) is 1.88. The Kier molecular flexibility index (Phi) is 1.48. The molecule has 4 heteroatoms. The number of imidazole rings is 1. The highest BCUT2D eigenvalue weighted by molar-refractivity contribution is 9.10. The van der Waals surface area contributed by atoms with E-state index in [1.165, 1.54) is 0 Å². The van der Waals surface area contributed by atoms with Gasteiger partial charge in [0.2, 0.25) is 5.95 Å². The highest BCUT2D eigenvalue weighted by Gasteiger charge is 2.03. The van der Waals surface area contributed by atoms with Crippen molar-refractivity contribution in [2.45, 2.75) is 6.92 Å². The predicted molar refractivity (Wildman–Crippen MR) is 40.1 cm³/mol. The molecule has 1 heterocycles. The van der Waals surface area contributed by atoms with Crippen LogP contribution in [0.5, 0.6) is 0 Å². The lowest BCUT2D eigenvalue weighted by Gasteiger charge is -1.94. The van der Waals surface area contributed by atoms with Gasteiger partial charge in [0.05, 0.1) is 5.69 Å². The first-order chi connectivity index (χ1) is 4.13. The summed E-state index contributed by atoms with van der Waals surface area (Å²) in [6.07, 6.45) is 0. The standard InChI is InChI=1S/C5H8BrN3/c1-3-4(6)8-5(7)9(3)2/h1-2H3,(H2,7,8). The number of aromatic nitrogens is 2. The van der Waals surface area contributed by atoms with Crippen LogP contribution < -0.4 is 5.73 Å². The molecule has 0 aliphatic carbocycles. The molecule has 3 nitrogen and oxygen atoms in total. The van der Waals surface area contributed by atoms with Gasteiger partial charge in [-0.05, 0) is 22.9 Å². The lowest BCUT2D eigenvalue weighted by molar-refractivity contribution is 0.887. The minimum absolute atomic E-state index is 0.541. The van der Waals surface area contributed by atoms with Crippen molar-refractivity contribution in [3.63, 3.8) is 0 Å². The summed E-state index contributed by atoms with van der Waals surface area (Å²) in [6, 6.07) is 0. The molecule has 9 heavy (non-hydrogen) atoms. The minimum atomic E-state index is 0.541. The number of nitrogens with two attached hydrogens (primary N) is 1. The number of anilines is 1. The van der Waals surface area contributed by atoms with Gasteiger partial charge in [0.15, 0.2) is 0 Å². The quantitative estimate of drug-likeness (QED) is 0.664. The molecule has 0 spiro atoms.